The largest absolute Gasteiger partial charge is 0.240 e. The Kier molecular flexibility index (Phi) is 4.12. The summed E-state index contributed by atoms with van der Waals surface area (Å²) in [6, 6.07) is 13.6. The molecule has 24 heavy (non-hydrogen) atoms. The monoisotopic (exact) mass is 393 g/mol. The van der Waals surface area contributed by atoms with Crippen molar-refractivity contribution >= 4 is 46.1 Å². The number of aryl methyl sites for hydroxylation is 1. The number of aromatic nitrogens is 1. The first-order valence-corrected chi connectivity index (χ1v) is 9.64. The van der Waals surface area contributed by atoms with E-state index in [1.54, 1.807) is 11.3 Å². The molecule has 0 spiro atoms. The van der Waals surface area contributed by atoms with E-state index >= 15 is 0 Å². The Morgan fingerprint density at radius 2 is 1.62 bits per heavy atom. The summed E-state index contributed by atoms with van der Waals surface area (Å²) in [6.07, 6.45) is 2.14. The lowest BCUT2D eigenvalue weighted by Gasteiger charge is -2.14. The zero-order valence-electron chi connectivity index (χ0n) is 12.9. The predicted octanol–water partition coefficient (Wildman–Crippen LogP) is 7.16. The van der Waals surface area contributed by atoms with Crippen LogP contribution < -0.4 is 0 Å². The fourth-order valence-electron chi connectivity index (χ4n) is 3.08. The number of thiazole rings is 1. The van der Waals surface area contributed by atoms with E-state index in [4.69, 9.17) is 39.8 Å². The molecule has 3 aromatic rings. The average Bonchev–Trinajstić information content (AvgIpc) is 3.25. The quantitative estimate of drug-likeness (QED) is 0.459. The fraction of sp³-hybridized carbons (Fsp3) is 0.211. The van der Waals surface area contributed by atoms with E-state index < -0.39 is 0 Å². The molecule has 0 N–H and O–H groups in total. The number of hydrogen-bond donors (Lipinski definition) is 0. The first-order valence-electron chi connectivity index (χ1n) is 7.69. The summed E-state index contributed by atoms with van der Waals surface area (Å²) in [6.45, 7) is 2.12. The highest BCUT2D eigenvalue weighted by molar-refractivity contribution is 7.12. The van der Waals surface area contributed by atoms with E-state index in [1.807, 2.05) is 42.5 Å². The summed E-state index contributed by atoms with van der Waals surface area (Å²) in [5.41, 5.74) is 3.20. The van der Waals surface area contributed by atoms with Crippen LogP contribution in [-0.4, -0.2) is 4.98 Å². The fourth-order valence-corrected chi connectivity index (χ4v) is 4.99. The van der Waals surface area contributed by atoms with Crippen LogP contribution in [0.1, 0.15) is 28.3 Å². The van der Waals surface area contributed by atoms with Crippen molar-refractivity contribution in [1.82, 2.24) is 4.98 Å². The maximum atomic E-state index is 6.46. The molecule has 0 bridgehead atoms. The molecule has 5 heteroatoms. The van der Waals surface area contributed by atoms with Crippen LogP contribution in [0.15, 0.2) is 42.5 Å². The third-order valence-electron chi connectivity index (χ3n) is 4.52. The number of nitrogens with zero attached hydrogens (tertiary/aromatic N) is 1. The Labute approximate surface area is 160 Å². The summed E-state index contributed by atoms with van der Waals surface area (Å²) < 4.78 is 0. The molecule has 0 unspecified atom stereocenters. The topological polar surface area (TPSA) is 12.9 Å². The Bertz CT molecular complexity index is 911. The number of rotatable bonds is 3. The molecule has 1 saturated carbocycles. The first kappa shape index (κ1) is 16.4. The van der Waals surface area contributed by atoms with Crippen LogP contribution in [0.5, 0.6) is 0 Å². The van der Waals surface area contributed by atoms with Crippen molar-refractivity contribution in [3.05, 3.63) is 73.0 Å². The summed E-state index contributed by atoms with van der Waals surface area (Å²) in [5.74, 6) is 0. The maximum absolute atomic E-state index is 6.46. The minimum Gasteiger partial charge on any atom is -0.240 e. The van der Waals surface area contributed by atoms with Crippen LogP contribution in [-0.2, 0) is 5.41 Å². The lowest BCUT2D eigenvalue weighted by Crippen LogP contribution is -2.09. The van der Waals surface area contributed by atoms with Gasteiger partial charge in [0.05, 0.1) is 5.69 Å². The van der Waals surface area contributed by atoms with Gasteiger partial charge in [-0.25, -0.2) is 4.98 Å². The van der Waals surface area contributed by atoms with Crippen molar-refractivity contribution in [2.45, 2.75) is 25.2 Å². The van der Waals surface area contributed by atoms with E-state index in [-0.39, 0.29) is 5.41 Å². The van der Waals surface area contributed by atoms with Crippen LogP contribution in [0.4, 0.5) is 0 Å². The summed E-state index contributed by atoms with van der Waals surface area (Å²) >= 11 is 20.3. The van der Waals surface area contributed by atoms with Crippen molar-refractivity contribution in [1.29, 1.82) is 0 Å². The van der Waals surface area contributed by atoms with Gasteiger partial charge in [-0.05, 0) is 49.6 Å². The molecule has 0 aliphatic heterocycles. The van der Waals surface area contributed by atoms with Gasteiger partial charge in [0.25, 0.3) is 0 Å². The van der Waals surface area contributed by atoms with Gasteiger partial charge >= 0.3 is 0 Å². The normalized spacial score (nSPS) is 15.5. The third kappa shape index (κ3) is 2.76. The molecule has 0 saturated heterocycles. The Morgan fingerprint density at radius 3 is 2.25 bits per heavy atom. The van der Waals surface area contributed by atoms with Crippen LogP contribution in [0.2, 0.25) is 15.1 Å². The minimum absolute atomic E-state index is 0.0538. The number of halogens is 3. The molecule has 122 valence electrons. The molecule has 1 aromatic heterocycles. The SMILES string of the molecule is Cc1sc(C2(c3ccc(Cl)cc3Cl)CC2)nc1-c1ccc(Cl)cc1. The molecule has 1 nitrogen and oxygen atoms in total. The van der Waals surface area contributed by atoms with Gasteiger partial charge in [0.15, 0.2) is 0 Å². The van der Waals surface area contributed by atoms with Gasteiger partial charge in [0.1, 0.15) is 5.01 Å². The Balaban J connectivity index is 1.77. The highest BCUT2D eigenvalue weighted by atomic mass is 35.5. The average molecular weight is 395 g/mol. The molecule has 4 rings (SSSR count). The highest BCUT2D eigenvalue weighted by Crippen LogP contribution is 2.57. The zero-order chi connectivity index (χ0) is 16.9. The standard InChI is InChI=1S/C19H14Cl3NS/c1-11-17(12-2-4-13(20)5-3-12)23-18(24-11)19(8-9-19)15-7-6-14(21)10-16(15)22/h2-7,10H,8-9H2,1H3. The van der Waals surface area contributed by atoms with Gasteiger partial charge in [-0.3, -0.25) is 0 Å². The predicted molar refractivity (Wildman–Crippen MR) is 104 cm³/mol. The second kappa shape index (κ2) is 6.03. The Morgan fingerprint density at radius 1 is 0.958 bits per heavy atom. The van der Waals surface area contributed by atoms with Crippen LogP contribution in [0, 0.1) is 6.92 Å². The van der Waals surface area contributed by atoms with Gasteiger partial charge in [0.2, 0.25) is 0 Å². The van der Waals surface area contributed by atoms with Crippen molar-refractivity contribution in [3.8, 4) is 11.3 Å². The van der Waals surface area contributed by atoms with Gasteiger partial charge in [0, 0.05) is 30.9 Å². The van der Waals surface area contributed by atoms with Crippen LogP contribution in [0.25, 0.3) is 11.3 Å². The maximum Gasteiger partial charge on any atom is 0.104 e. The molecule has 0 radical (unpaired) electrons. The van der Waals surface area contributed by atoms with E-state index in [9.17, 15) is 0 Å². The smallest absolute Gasteiger partial charge is 0.104 e. The van der Waals surface area contributed by atoms with Gasteiger partial charge in [-0.2, -0.15) is 0 Å². The molecule has 2 aromatic carbocycles. The molecule has 0 atom stereocenters. The highest BCUT2D eigenvalue weighted by Gasteiger charge is 2.49. The molecular weight excluding hydrogens is 381 g/mol. The second-order valence-electron chi connectivity index (χ2n) is 6.14. The lowest BCUT2D eigenvalue weighted by molar-refractivity contribution is 0.835. The Hall–Kier alpha value is -1.06. The number of benzene rings is 2. The molecule has 1 heterocycles. The summed E-state index contributed by atoms with van der Waals surface area (Å²) in [7, 11) is 0. The molecular formula is C19H14Cl3NS. The van der Waals surface area contributed by atoms with Crippen LogP contribution >= 0.6 is 46.1 Å². The molecule has 1 aliphatic rings. The van der Waals surface area contributed by atoms with Gasteiger partial charge in [-0.1, -0.05) is 53.0 Å². The van der Waals surface area contributed by atoms with Crippen LogP contribution in [0.3, 0.4) is 0 Å². The van der Waals surface area contributed by atoms with Crippen molar-refractivity contribution < 1.29 is 0 Å². The summed E-state index contributed by atoms with van der Waals surface area (Å²) in [4.78, 5) is 6.18. The van der Waals surface area contributed by atoms with E-state index in [1.165, 1.54) is 4.88 Å². The second-order valence-corrected chi connectivity index (χ2v) is 8.62. The lowest BCUT2D eigenvalue weighted by atomic mass is 9.96. The van der Waals surface area contributed by atoms with Gasteiger partial charge < -0.3 is 0 Å². The van der Waals surface area contributed by atoms with Crippen molar-refractivity contribution in [2.75, 3.05) is 0 Å². The van der Waals surface area contributed by atoms with E-state index in [0.29, 0.717) is 5.02 Å². The third-order valence-corrected chi connectivity index (χ3v) is 6.50. The summed E-state index contributed by atoms with van der Waals surface area (Å²) in [5, 5.41) is 3.25. The van der Waals surface area contributed by atoms with E-state index in [2.05, 4.69) is 6.92 Å². The molecule has 1 fully saturated rings. The first-order chi connectivity index (χ1) is 11.5. The van der Waals surface area contributed by atoms with Gasteiger partial charge in [-0.15, -0.1) is 11.3 Å². The molecule has 0 amide bonds. The van der Waals surface area contributed by atoms with Crippen molar-refractivity contribution in [3.63, 3.8) is 0 Å². The zero-order valence-corrected chi connectivity index (χ0v) is 16.0. The number of hydrogen-bond acceptors (Lipinski definition) is 2. The van der Waals surface area contributed by atoms with Crippen molar-refractivity contribution in [2.24, 2.45) is 0 Å². The van der Waals surface area contributed by atoms with E-state index in [0.717, 1.165) is 44.7 Å². The molecule has 1 aliphatic carbocycles. The minimum atomic E-state index is -0.0538.